The Kier molecular flexibility index (Phi) is 4.45. The highest BCUT2D eigenvalue weighted by molar-refractivity contribution is 5.20. The number of nitrogens with zero attached hydrogens (tertiary/aromatic N) is 1. The molecule has 1 aromatic carbocycles. The highest BCUT2D eigenvalue weighted by atomic mass is 16.5. The van der Waals surface area contributed by atoms with Gasteiger partial charge in [-0.2, -0.15) is 0 Å². The molecule has 0 saturated heterocycles. The van der Waals surface area contributed by atoms with Gasteiger partial charge in [0.2, 0.25) is 0 Å². The van der Waals surface area contributed by atoms with Crippen LogP contribution in [0.1, 0.15) is 17.4 Å². The van der Waals surface area contributed by atoms with Crippen molar-refractivity contribution in [1.82, 2.24) is 4.98 Å². The van der Waals surface area contributed by atoms with Crippen LogP contribution in [0.5, 0.6) is 0 Å². The van der Waals surface area contributed by atoms with Gasteiger partial charge in [-0.05, 0) is 17.7 Å². The summed E-state index contributed by atoms with van der Waals surface area (Å²) in [5.74, 6) is 0. The maximum Gasteiger partial charge on any atom is 0.0975 e. The fourth-order valence-electron chi connectivity index (χ4n) is 2.07. The molecule has 3 nitrogen and oxygen atoms in total. The van der Waals surface area contributed by atoms with Gasteiger partial charge in [0, 0.05) is 31.5 Å². The van der Waals surface area contributed by atoms with E-state index in [1.807, 2.05) is 48.5 Å². The van der Waals surface area contributed by atoms with Gasteiger partial charge in [0.1, 0.15) is 0 Å². The van der Waals surface area contributed by atoms with Crippen LogP contribution in [0, 0.1) is 0 Å². The van der Waals surface area contributed by atoms with Crippen molar-refractivity contribution >= 4 is 0 Å². The van der Waals surface area contributed by atoms with E-state index in [9.17, 15) is 0 Å². The number of aromatic nitrogens is 1. The van der Waals surface area contributed by atoms with E-state index in [-0.39, 0.29) is 12.1 Å². The zero-order valence-corrected chi connectivity index (χ0v) is 10.5. The molecule has 3 heteroatoms. The van der Waals surface area contributed by atoms with Gasteiger partial charge in [0.15, 0.2) is 0 Å². The third-order valence-electron chi connectivity index (χ3n) is 2.94. The summed E-state index contributed by atoms with van der Waals surface area (Å²) in [7, 11) is 1.69. The number of pyridine rings is 1. The maximum atomic E-state index is 6.23. The van der Waals surface area contributed by atoms with Crippen LogP contribution < -0.4 is 5.73 Å². The first-order valence-electron chi connectivity index (χ1n) is 6.04. The van der Waals surface area contributed by atoms with Crippen LogP contribution in [0.2, 0.25) is 0 Å². The van der Waals surface area contributed by atoms with Crippen molar-refractivity contribution in [3.05, 3.63) is 66.0 Å². The Morgan fingerprint density at radius 2 is 1.83 bits per heavy atom. The molecule has 2 rings (SSSR count). The molecule has 0 fully saturated rings. The average molecular weight is 242 g/mol. The Morgan fingerprint density at radius 3 is 2.44 bits per heavy atom. The molecule has 0 amide bonds. The summed E-state index contributed by atoms with van der Waals surface area (Å²) in [6, 6.07) is 15.8. The second kappa shape index (κ2) is 6.28. The second-order valence-corrected chi connectivity index (χ2v) is 4.26. The number of nitrogens with two attached hydrogens (primary N) is 1. The number of rotatable bonds is 5. The lowest BCUT2D eigenvalue weighted by molar-refractivity contribution is 0.0800. The Morgan fingerprint density at radius 1 is 1.11 bits per heavy atom. The number of benzene rings is 1. The van der Waals surface area contributed by atoms with E-state index in [1.165, 1.54) is 0 Å². The van der Waals surface area contributed by atoms with E-state index >= 15 is 0 Å². The number of hydrogen-bond donors (Lipinski definition) is 1. The van der Waals surface area contributed by atoms with Crippen molar-refractivity contribution in [2.45, 2.75) is 18.6 Å². The number of methoxy groups -OCH3 is 1. The minimum atomic E-state index is -0.104. The molecule has 0 spiro atoms. The maximum absolute atomic E-state index is 6.23. The van der Waals surface area contributed by atoms with E-state index < -0.39 is 0 Å². The van der Waals surface area contributed by atoms with Gasteiger partial charge < -0.3 is 10.5 Å². The zero-order chi connectivity index (χ0) is 12.8. The standard InChI is InChI=1S/C15H18N2O/c1-18-15(12-7-3-2-4-8-12)14(16)11-13-9-5-6-10-17-13/h2-10,14-15H,11,16H2,1H3. The molecule has 2 aromatic rings. The summed E-state index contributed by atoms with van der Waals surface area (Å²) in [5, 5.41) is 0. The van der Waals surface area contributed by atoms with E-state index in [0.29, 0.717) is 6.42 Å². The highest BCUT2D eigenvalue weighted by Gasteiger charge is 2.19. The van der Waals surface area contributed by atoms with Crippen molar-refractivity contribution in [3.8, 4) is 0 Å². The minimum absolute atomic E-state index is 0.104. The molecule has 18 heavy (non-hydrogen) atoms. The van der Waals surface area contributed by atoms with Crippen molar-refractivity contribution < 1.29 is 4.74 Å². The van der Waals surface area contributed by atoms with E-state index in [4.69, 9.17) is 10.5 Å². The second-order valence-electron chi connectivity index (χ2n) is 4.26. The molecule has 0 aliphatic carbocycles. The summed E-state index contributed by atoms with van der Waals surface area (Å²) >= 11 is 0. The molecule has 1 aromatic heterocycles. The lowest BCUT2D eigenvalue weighted by atomic mass is 9.99. The van der Waals surface area contributed by atoms with Crippen LogP contribution in [0.25, 0.3) is 0 Å². The SMILES string of the molecule is COC(c1ccccc1)C(N)Cc1ccccn1. The van der Waals surface area contributed by atoms with Gasteiger partial charge in [0.05, 0.1) is 6.10 Å². The van der Waals surface area contributed by atoms with Crippen molar-refractivity contribution in [2.75, 3.05) is 7.11 Å². The summed E-state index contributed by atoms with van der Waals surface area (Å²) in [6.07, 6.45) is 2.38. The smallest absolute Gasteiger partial charge is 0.0975 e. The van der Waals surface area contributed by atoms with Crippen LogP contribution in [-0.4, -0.2) is 18.1 Å². The lowest BCUT2D eigenvalue weighted by Gasteiger charge is -2.22. The Labute approximate surface area is 108 Å². The quantitative estimate of drug-likeness (QED) is 0.875. The fraction of sp³-hybridized carbons (Fsp3) is 0.267. The molecule has 0 bridgehead atoms. The molecule has 0 radical (unpaired) electrons. The Hall–Kier alpha value is -1.71. The van der Waals surface area contributed by atoms with Crippen LogP contribution in [0.3, 0.4) is 0 Å². The van der Waals surface area contributed by atoms with Crippen molar-refractivity contribution in [2.24, 2.45) is 5.73 Å². The van der Waals surface area contributed by atoms with Gasteiger partial charge >= 0.3 is 0 Å². The molecule has 0 aliphatic rings. The Bertz CT molecular complexity index is 458. The molecule has 2 atom stereocenters. The molecule has 2 N–H and O–H groups in total. The highest BCUT2D eigenvalue weighted by Crippen LogP contribution is 2.21. The minimum Gasteiger partial charge on any atom is -0.375 e. The normalized spacial score (nSPS) is 14.1. The topological polar surface area (TPSA) is 48.1 Å². The molecule has 0 saturated carbocycles. The van der Waals surface area contributed by atoms with E-state index in [1.54, 1.807) is 13.3 Å². The predicted molar refractivity (Wildman–Crippen MR) is 72.1 cm³/mol. The van der Waals surface area contributed by atoms with Crippen LogP contribution in [-0.2, 0) is 11.2 Å². The van der Waals surface area contributed by atoms with Gasteiger partial charge in [-0.25, -0.2) is 0 Å². The summed E-state index contributed by atoms with van der Waals surface area (Å²) < 4.78 is 5.52. The molecule has 2 unspecified atom stereocenters. The van der Waals surface area contributed by atoms with Crippen LogP contribution in [0.15, 0.2) is 54.7 Å². The van der Waals surface area contributed by atoms with Gasteiger partial charge in [-0.1, -0.05) is 36.4 Å². The molecule has 1 heterocycles. The number of ether oxygens (including phenoxy) is 1. The summed E-state index contributed by atoms with van der Waals surface area (Å²) in [4.78, 5) is 4.29. The third-order valence-corrected chi connectivity index (χ3v) is 2.94. The molecular weight excluding hydrogens is 224 g/mol. The molecular formula is C15H18N2O. The fourth-order valence-corrected chi connectivity index (χ4v) is 2.07. The molecule has 0 aliphatic heterocycles. The van der Waals surface area contributed by atoms with Gasteiger partial charge in [0.25, 0.3) is 0 Å². The zero-order valence-electron chi connectivity index (χ0n) is 10.5. The third kappa shape index (κ3) is 3.15. The first-order valence-corrected chi connectivity index (χ1v) is 6.04. The lowest BCUT2D eigenvalue weighted by Crippen LogP contribution is -2.32. The van der Waals surface area contributed by atoms with Crippen LogP contribution >= 0.6 is 0 Å². The first kappa shape index (κ1) is 12.7. The predicted octanol–water partition coefficient (Wildman–Crippen LogP) is 2.34. The van der Waals surface area contributed by atoms with Gasteiger partial charge in [-0.15, -0.1) is 0 Å². The van der Waals surface area contributed by atoms with Crippen LogP contribution in [0.4, 0.5) is 0 Å². The van der Waals surface area contributed by atoms with Gasteiger partial charge in [-0.3, -0.25) is 4.98 Å². The largest absolute Gasteiger partial charge is 0.375 e. The van der Waals surface area contributed by atoms with Crippen molar-refractivity contribution in [1.29, 1.82) is 0 Å². The van der Waals surface area contributed by atoms with E-state index in [0.717, 1.165) is 11.3 Å². The summed E-state index contributed by atoms with van der Waals surface area (Å²) in [6.45, 7) is 0. The van der Waals surface area contributed by atoms with Crippen molar-refractivity contribution in [3.63, 3.8) is 0 Å². The average Bonchev–Trinajstić information content (AvgIpc) is 2.42. The number of hydrogen-bond acceptors (Lipinski definition) is 3. The molecule has 94 valence electrons. The summed E-state index contributed by atoms with van der Waals surface area (Å²) in [5.41, 5.74) is 8.32. The van der Waals surface area contributed by atoms with E-state index in [2.05, 4.69) is 4.98 Å². The Balaban J connectivity index is 2.09. The first-order chi connectivity index (χ1) is 8.81. The monoisotopic (exact) mass is 242 g/mol.